The molecule has 0 atom stereocenters. The predicted octanol–water partition coefficient (Wildman–Crippen LogP) is 0.448. The lowest BCUT2D eigenvalue weighted by atomic mass is 10.3. The van der Waals surface area contributed by atoms with Crippen molar-refractivity contribution in [3.8, 4) is 0 Å². The maximum Gasteiger partial charge on any atom is 0.0726 e. The van der Waals surface area contributed by atoms with Crippen molar-refractivity contribution in [3.63, 3.8) is 0 Å². The maximum atomic E-state index is 8.78. The fourth-order valence-electron chi connectivity index (χ4n) is 0.847. The highest BCUT2D eigenvalue weighted by Crippen LogP contribution is 2.34. The van der Waals surface area contributed by atoms with Crippen LogP contribution in [0.3, 0.4) is 0 Å². The van der Waals surface area contributed by atoms with Crippen molar-refractivity contribution in [2.75, 3.05) is 6.61 Å². The Morgan fingerprint density at radius 2 is 2.33 bits per heavy atom. The Morgan fingerprint density at radius 3 is 2.44 bits per heavy atom. The molecule has 0 bridgehead atoms. The molecule has 1 aliphatic rings. The number of nitrogens with one attached hydrogen (secondary N) is 1. The zero-order valence-corrected chi connectivity index (χ0v) is 6.29. The van der Waals surface area contributed by atoms with E-state index in [9.17, 15) is 0 Å². The quantitative estimate of drug-likeness (QED) is 0.553. The fourth-order valence-corrected chi connectivity index (χ4v) is 1.06. The van der Waals surface area contributed by atoms with Crippen molar-refractivity contribution in [2.24, 2.45) is 0 Å². The Kier molecular flexibility index (Phi) is 1.73. The molecular weight excluding hydrogens is 134 g/mol. The van der Waals surface area contributed by atoms with E-state index in [2.05, 4.69) is 5.32 Å². The molecule has 2 nitrogen and oxygen atoms in total. The highest BCUT2D eigenvalue weighted by Gasteiger charge is 2.41. The van der Waals surface area contributed by atoms with Gasteiger partial charge in [0, 0.05) is 0 Å². The predicted molar refractivity (Wildman–Crippen MR) is 40.5 cm³/mol. The van der Waals surface area contributed by atoms with E-state index in [-0.39, 0.29) is 12.1 Å². The lowest BCUT2D eigenvalue weighted by Crippen LogP contribution is -2.37. The number of thiocarbonyl (C=S) groups is 1. The molecule has 0 unspecified atom stereocenters. The van der Waals surface area contributed by atoms with Crippen LogP contribution in [0, 0.1) is 0 Å². The van der Waals surface area contributed by atoms with E-state index in [0.717, 1.165) is 17.8 Å². The van der Waals surface area contributed by atoms with Gasteiger partial charge >= 0.3 is 0 Å². The third kappa shape index (κ3) is 1.63. The smallest absolute Gasteiger partial charge is 0.0726 e. The molecule has 0 saturated heterocycles. The maximum absolute atomic E-state index is 8.78. The molecule has 0 aromatic rings. The average molecular weight is 145 g/mol. The summed E-state index contributed by atoms with van der Waals surface area (Å²) in [5.74, 6) is 0. The van der Waals surface area contributed by atoms with Crippen molar-refractivity contribution in [1.82, 2.24) is 5.32 Å². The van der Waals surface area contributed by atoms with Crippen molar-refractivity contribution in [3.05, 3.63) is 0 Å². The van der Waals surface area contributed by atoms with E-state index in [4.69, 9.17) is 17.3 Å². The van der Waals surface area contributed by atoms with Gasteiger partial charge in [0.1, 0.15) is 0 Å². The topological polar surface area (TPSA) is 32.3 Å². The number of hydrogen-bond acceptors (Lipinski definition) is 2. The van der Waals surface area contributed by atoms with Crippen LogP contribution < -0.4 is 5.32 Å². The second kappa shape index (κ2) is 2.23. The van der Waals surface area contributed by atoms with E-state index < -0.39 is 0 Å². The molecule has 9 heavy (non-hydrogen) atoms. The summed E-state index contributed by atoms with van der Waals surface area (Å²) in [5.41, 5.74) is -0.0220. The molecule has 0 aromatic carbocycles. The van der Waals surface area contributed by atoms with E-state index in [1.165, 1.54) is 0 Å². The van der Waals surface area contributed by atoms with Gasteiger partial charge in [-0.2, -0.15) is 0 Å². The lowest BCUT2D eigenvalue weighted by Gasteiger charge is -2.13. The molecule has 0 amide bonds. The molecule has 1 rings (SSSR count). The Hall–Kier alpha value is -0.150. The molecule has 1 fully saturated rings. The van der Waals surface area contributed by atoms with Gasteiger partial charge in [-0.1, -0.05) is 12.2 Å². The molecule has 1 saturated carbocycles. The van der Waals surface area contributed by atoms with Gasteiger partial charge in [-0.25, -0.2) is 0 Å². The first-order valence-corrected chi connectivity index (χ1v) is 3.49. The van der Waals surface area contributed by atoms with Gasteiger partial charge in [0.05, 0.1) is 17.1 Å². The normalized spacial score (nSPS) is 21.1. The molecule has 1 aliphatic carbocycles. The molecule has 3 heteroatoms. The molecule has 0 spiro atoms. The molecule has 0 aromatic heterocycles. The van der Waals surface area contributed by atoms with Gasteiger partial charge < -0.3 is 10.4 Å². The first-order chi connectivity index (χ1) is 4.18. The summed E-state index contributed by atoms with van der Waals surface area (Å²) in [6.45, 7) is 2.05. The third-order valence-electron chi connectivity index (χ3n) is 1.60. The van der Waals surface area contributed by atoms with Gasteiger partial charge in [-0.05, 0) is 19.8 Å². The highest BCUT2D eigenvalue weighted by atomic mass is 32.1. The molecule has 0 heterocycles. The molecule has 0 aliphatic heterocycles. The standard InChI is InChI=1S/C6H11NOS/c1-5(9)7-6(4-8)2-3-6/h8H,2-4H2,1H3,(H,7,9). The van der Waals surface area contributed by atoms with E-state index in [1.54, 1.807) is 0 Å². The lowest BCUT2D eigenvalue weighted by molar-refractivity contribution is 0.245. The zero-order valence-electron chi connectivity index (χ0n) is 5.48. The van der Waals surface area contributed by atoms with Crippen LogP contribution in [-0.4, -0.2) is 22.2 Å². The van der Waals surface area contributed by atoms with Gasteiger partial charge in [0.2, 0.25) is 0 Å². The Balaban J connectivity index is 2.33. The Bertz CT molecular complexity index is 131. The number of aliphatic hydroxyl groups is 1. The van der Waals surface area contributed by atoms with E-state index in [1.807, 2.05) is 6.92 Å². The number of hydrogen-bond donors (Lipinski definition) is 2. The number of rotatable bonds is 2. The first kappa shape index (κ1) is 6.96. The minimum atomic E-state index is -0.0220. The van der Waals surface area contributed by atoms with Crippen molar-refractivity contribution >= 4 is 17.2 Å². The van der Waals surface area contributed by atoms with E-state index in [0.29, 0.717) is 0 Å². The molecule has 2 N–H and O–H groups in total. The summed E-state index contributed by atoms with van der Waals surface area (Å²) in [5, 5.41) is 11.8. The second-order valence-corrected chi connectivity index (χ2v) is 3.23. The molecular formula is C6H11NOS. The SMILES string of the molecule is CC(=S)NC1(CO)CC1. The zero-order chi connectivity index (χ0) is 6.91. The van der Waals surface area contributed by atoms with Gasteiger partial charge in [-0.3, -0.25) is 0 Å². The van der Waals surface area contributed by atoms with Crippen LogP contribution in [0.4, 0.5) is 0 Å². The monoisotopic (exact) mass is 145 g/mol. The summed E-state index contributed by atoms with van der Waals surface area (Å²) in [6.07, 6.45) is 2.11. The Labute approximate surface area is 60.3 Å². The van der Waals surface area contributed by atoms with Crippen LogP contribution in [0.5, 0.6) is 0 Å². The fraction of sp³-hybridized carbons (Fsp3) is 0.833. The van der Waals surface area contributed by atoms with Crippen LogP contribution in [0.15, 0.2) is 0 Å². The Morgan fingerprint density at radius 1 is 1.78 bits per heavy atom. The van der Waals surface area contributed by atoms with Gasteiger partial charge in [0.15, 0.2) is 0 Å². The number of aliphatic hydroxyl groups excluding tert-OH is 1. The van der Waals surface area contributed by atoms with Crippen LogP contribution in [-0.2, 0) is 0 Å². The van der Waals surface area contributed by atoms with Crippen LogP contribution in [0.25, 0.3) is 0 Å². The average Bonchev–Trinajstić information content (AvgIpc) is 2.48. The van der Waals surface area contributed by atoms with Crippen molar-refractivity contribution < 1.29 is 5.11 Å². The van der Waals surface area contributed by atoms with Gasteiger partial charge in [-0.15, -0.1) is 0 Å². The minimum absolute atomic E-state index is 0.0220. The summed E-state index contributed by atoms with van der Waals surface area (Å²) in [4.78, 5) is 0.779. The first-order valence-electron chi connectivity index (χ1n) is 3.08. The molecule has 52 valence electrons. The summed E-state index contributed by atoms with van der Waals surface area (Å²) in [7, 11) is 0. The molecule has 0 radical (unpaired) electrons. The summed E-state index contributed by atoms with van der Waals surface area (Å²) >= 11 is 4.83. The van der Waals surface area contributed by atoms with Crippen LogP contribution >= 0.6 is 12.2 Å². The van der Waals surface area contributed by atoms with Crippen molar-refractivity contribution in [1.29, 1.82) is 0 Å². The third-order valence-corrected chi connectivity index (χ3v) is 1.70. The highest BCUT2D eigenvalue weighted by molar-refractivity contribution is 7.80. The summed E-state index contributed by atoms with van der Waals surface area (Å²) < 4.78 is 0. The summed E-state index contributed by atoms with van der Waals surface area (Å²) in [6, 6.07) is 0. The minimum Gasteiger partial charge on any atom is -0.394 e. The van der Waals surface area contributed by atoms with Crippen LogP contribution in [0.1, 0.15) is 19.8 Å². The second-order valence-electron chi connectivity index (χ2n) is 2.62. The van der Waals surface area contributed by atoms with E-state index >= 15 is 0 Å². The van der Waals surface area contributed by atoms with Gasteiger partial charge in [0.25, 0.3) is 0 Å². The largest absolute Gasteiger partial charge is 0.394 e. The van der Waals surface area contributed by atoms with Crippen molar-refractivity contribution in [2.45, 2.75) is 25.3 Å². The van der Waals surface area contributed by atoms with Crippen LogP contribution in [0.2, 0.25) is 0 Å².